The van der Waals surface area contributed by atoms with Gasteiger partial charge >= 0.3 is 0 Å². The summed E-state index contributed by atoms with van der Waals surface area (Å²) in [4.78, 5) is 0. The van der Waals surface area contributed by atoms with Crippen LogP contribution < -0.4 is 0 Å². The van der Waals surface area contributed by atoms with Crippen molar-refractivity contribution in [1.29, 1.82) is 0 Å². The van der Waals surface area contributed by atoms with Gasteiger partial charge < -0.3 is 9.47 Å². The summed E-state index contributed by atoms with van der Waals surface area (Å²) in [6.45, 7) is 9.54. The van der Waals surface area contributed by atoms with E-state index >= 15 is 0 Å². The van der Waals surface area contributed by atoms with Crippen molar-refractivity contribution in [3.8, 4) is 0 Å². The van der Waals surface area contributed by atoms with Crippen molar-refractivity contribution in [2.75, 3.05) is 13.2 Å². The van der Waals surface area contributed by atoms with E-state index in [2.05, 4.69) is 13.2 Å². The highest BCUT2D eigenvalue weighted by Crippen LogP contribution is 2.78. The predicted molar refractivity (Wildman–Crippen MR) is 111 cm³/mol. The highest BCUT2D eigenvalue weighted by Gasteiger charge is 2.69. The lowest BCUT2D eigenvalue weighted by molar-refractivity contribution is -0.247. The lowest BCUT2D eigenvalue weighted by Gasteiger charge is -2.73. The van der Waals surface area contributed by atoms with Gasteiger partial charge in [-0.15, -0.1) is 0 Å². The van der Waals surface area contributed by atoms with Gasteiger partial charge in [0.2, 0.25) is 0 Å². The lowest BCUT2D eigenvalue weighted by Crippen LogP contribution is -2.65. The second kappa shape index (κ2) is 5.82. The highest BCUT2D eigenvalue weighted by atomic mass is 16.5. The third-order valence-electron chi connectivity index (χ3n) is 10.5. The third-order valence-corrected chi connectivity index (χ3v) is 10.5. The van der Waals surface area contributed by atoms with E-state index in [9.17, 15) is 0 Å². The van der Waals surface area contributed by atoms with Crippen LogP contribution in [-0.2, 0) is 9.47 Å². The maximum absolute atomic E-state index is 5.89. The first-order chi connectivity index (χ1) is 13.5. The highest BCUT2D eigenvalue weighted by molar-refractivity contribution is 5.19. The molecule has 0 aromatic heterocycles. The molecule has 0 aromatic rings. The second-order valence-electron chi connectivity index (χ2n) is 12.4. The SMILES string of the molecule is C=COCC12CC3CC(C1)CC(C14CC5CC(CC(COC=C)(C5)C1)C4)(C3)C2. The molecular weight excluding hydrogens is 344 g/mol. The molecule has 8 saturated carbocycles. The first kappa shape index (κ1) is 17.9. The van der Waals surface area contributed by atoms with Crippen molar-refractivity contribution < 1.29 is 9.47 Å². The van der Waals surface area contributed by atoms with Gasteiger partial charge in [0.25, 0.3) is 0 Å². The van der Waals surface area contributed by atoms with Gasteiger partial charge in [-0.25, -0.2) is 0 Å². The summed E-state index contributed by atoms with van der Waals surface area (Å²) in [6.07, 6.45) is 21.1. The molecule has 8 bridgehead atoms. The Balaban J connectivity index is 1.37. The summed E-state index contributed by atoms with van der Waals surface area (Å²) in [6, 6.07) is 0. The Morgan fingerprint density at radius 1 is 0.607 bits per heavy atom. The molecule has 8 aliphatic rings. The zero-order valence-corrected chi connectivity index (χ0v) is 17.6. The molecule has 28 heavy (non-hydrogen) atoms. The molecule has 4 unspecified atom stereocenters. The molecule has 0 N–H and O–H groups in total. The number of hydrogen-bond acceptors (Lipinski definition) is 2. The van der Waals surface area contributed by atoms with E-state index in [1.54, 1.807) is 12.5 Å². The monoisotopic (exact) mass is 382 g/mol. The molecule has 2 heteroatoms. The van der Waals surface area contributed by atoms with Crippen molar-refractivity contribution in [1.82, 2.24) is 0 Å². The van der Waals surface area contributed by atoms with Gasteiger partial charge in [-0.3, -0.25) is 0 Å². The predicted octanol–water partition coefficient (Wildman–Crippen LogP) is 6.48. The van der Waals surface area contributed by atoms with Crippen molar-refractivity contribution >= 4 is 0 Å². The van der Waals surface area contributed by atoms with E-state index in [0.717, 1.165) is 36.9 Å². The fraction of sp³-hybridized carbons (Fsp3) is 0.846. The topological polar surface area (TPSA) is 18.5 Å². The molecule has 154 valence electrons. The van der Waals surface area contributed by atoms with Crippen LogP contribution in [0.4, 0.5) is 0 Å². The normalized spacial score (nSPS) is 55.3. The molecule has 0 radical (unpaired) electrons. The van der Waals surface area contributed by atoms with Crippen molar-refractivity contribution in [3.63, 3.8) is 0 Å². The minimum Gasteiger partial charge on any atom is -0.501 e. The average Bonchev–Trinajstić information content (AvgIpc) is 2.63. The van der Waals surface area contributed by atoms with E-state index in [1.807, 2.05) is 0 Å². The van der Waals surface area contributed by atoms with Gasteiger partial charge in [-0.1, -0.05) is 13.2 Å². The van der Waals surface area contributed by atoms with Crippen LogP contribution >= 0.6 is 0 Å². The van der Waals surface area contributed by atoms with Crippen LogP contribution in [0.15, 0.2) is 25.7 Å². The molecule has 0 aromatic carbocycles. The zero-order valence-electron chi connectivity index (χ0n) is 17.6. The Hall–Kier alpha value is -0.920. The number of rotatable bonds is 7. The molecule has 8 aliphatic carbocycles. The van der Waals surface area contributed by atoms with Gasteiger partial charge in [0.05, 0.1) is 25.7 Å². The molecule has 0 heterocycles. The zero-order chi connectivity index (χ0) is 19.0. The number of hydrogen-bond donors (Lipinski definition) is 0. The quantitative estimate of drug-likeness (QED) is 0.469. The molecule has 0 amide bonds. The smallest absolute Gasteiger partial charge is 0.0929 e. The molecule has 2 nitrogen and oxygen atoms in total. The molecule has 0 spiro atoms. The fourth-order valence-corrected chi connectivity index (χ4v) is 11.0. The molecule has 0 aliphatic heterocycles. The van der Waals surface area contributed by atoms with E-state index in [4.69, 9.17) is 9.47 Å². The van der Waals surface area contributed by atoms with Crippen LogP contribution in [-0.4, -0.2) is 13.2 Å². The van der Waals surface area contributed by atoms with Crippen LogP contribution in [0.3, 0.4) is 0 Å². The molecule has 4 atom stereocenters. The first-order valence-corrected chi connectivity index (χ1v) is 12.0. The Labute approximate surface area is 171 Å². The van der Waals surface area contributed by atoms with Crippen LogP contribution in [0.2, 0.25) is 0 Å². The molecule has 0 saturated heterocycles. The summed E-state index contributed by atoms with van der Waals surface area (Å²) >= 11 is 0. The van der Waals surface area contributed by atoms with Gasteiger partial charge in [-0.2, -0.15) is 0 Å². The van der Waals surface area contributed by atoms with Gasteiger partial charge in [-0.05, 0) is 112 Å². The molecule has 8 rings (SSSR count). The summed E-state index contributed by atoms with van der Waals surface area (Å²) in [5.74, 6) is 3.84. The lowest BCUT2D eigenvalue weighted by atomic mass is 9.31. The van der Waals surface area contributed by atoms with E-state index in [-0.39, 0.29) is 0 Å². The van der Waals surface area contributed by atoms with Crippen molar-refractivity contribution in [2.24, 2.45) is 45.3 Å². The maximum atomic E-state index is 5.89. The largest absolute Gasteiger partial charge is 0.501 e. The fourth-order valence-electron chi connectivity index (χ4n) is 11.0. The van der Waals surface area contributed by atoms with Gasteiger partial charge in [0, 0.05) is 10.8 Å². The third kappa shape index (κ3) is 2.39. The summed E-state index contributed by atoms with van der Waals surface area (Å²) in [5.41, 5.74) is 2.09. The Morgan fingerprint density at radius 2 is 0.964 bits per heavy atom. The first-order valence-electron chi connectivity index (χ1n) is 12.0. The molecule has 8 fully saturated rings. The van der Waals surface area contributed by atoms with Crippen molar-refractivity contribution in [2.45, 2.75) is 77.0 Å². The average molecular weight is 383 g/mol. The minimum atomic E-state index is 0.451. The van der Waals surface area contributed by atoms with Crippen LogP contribution in [0.1, 0.15) is 77.0 Å². The van der Waals surface area contributed by atoms with Gasteiger partial charge in [0.1, 0.15) is 0 Å². The van der Waals surface area contributed by atoms with E-state index in [0.29, 0.717) is 21.7 Å². The van der Waals surface area contributed by atoms with Crippen LogP contribution in [0.5, 0.6) is 0 Å². The standard InChI is InChI=1S/C26H38O2/c1-3-27-17-23-7-19-5-20(8-23)12-25(11-19,15-23)26-13-21-6-22(14-26)10-24(9-21,16-26)18-28-4-2/h3-4,19-22H,1-2,5-18H2. The van der Waals surface area contributed by atoms with E-state index < -0.39 is 0 Å². The molecular formula is C26H38O2. The number of ether oxygens (including phenoxy) is 2. The Morgan fingerprint density at radius 3 is 1.29 bits per heavy atom. The summed E-state index contributed by atoms with van der Waals surface area (Å²) < 4.78 is 11.8. The minimum absolute atomic E-state index is 0.451. The maximum Gasteiger partial charge on any atom is 0.0929 e. The van der Waals surface area contributed by atoms with Crippen molar-refractivity contribution in [3.05, 3.63) is 25.7 Å². The van der Waals surface area contributed by atoms with Crippen LogP contribution in [0.25, 0.3) is 0 Å². The summed E-state index contributed by atoms with van der Waals surface area (Å²) in [5, 5.41) is 0. The van der Waals surface area contributed by atoms with E-state index in [1.165, 1.54) is 77.0 Å². The van der Waals surface area contributed by atoms with Gasteiger partial charge in [0.15, 0.2) is 0 Å². The Kier molecular flexibility index (Phi) is 3.72. The van der Waals surface area contributed by atoms with Crippen LogP contribution in [0, 0.1) is 45.3 Å². The Bertz CT molecular complexity index is 592. The summed E-state index contributed by atoms with van der Waals surface area (Å²) in [7, 11) is 0. The second-order valence-corrected chi connectivity index (χ2v) is 12.4.